The number of imidazole rings is 1. The SMILES string of the molecule is N[C@@H](Cc1cn(OC(CC(=O)O)(CC(=O)O)C(=O)O)cn1)C(=O)O. The summed E-state index contributed by atoms with van der Waals surface area (Å²) in [5.41, 5.74) is 2.90. The molecule has 0 aliphatic rings. The lowest BCUT2D eigenvalue weighted by atomic mass is 9.96. The molecule has 0 aliphatic carbocycles. The van der Waals surface area contributed by atoms with E-state index in [-0.39, 0.29) is 12.1 Å². The third-order valence-electron chi connectivity index (χ3n) is 2.90. The van der Waals surface area contributed by atoms with Gasteiger partial charge in [0.15, 0.2) is 0 Å². The number of hydrogen-bond acceptors (Lipinski definition) is 7. The average molecular weight is 345 g/mol. The van der Waals surface area contributed by atoms with Crippen LogP contribution in [-0.2, 0) is 25.6 Å². The van der Waals surface area contributed by atoms with Crippen LogP contribution in [0.4, 0.5) is 0 Å². The molecule has 1 aromatic rings. The van der Waals surface area contributed by atoms with Crippen LogP contribution in [0, 0.1) is 0 Å². The molecular formula is C12H15N3O9. The Morgan fingerprint density at radius 2 is 1.71 bits per heavy atom. The van der Waals surface area contributed by atoms with Gasteiger partial charge < -0.3 is 31.0 Å². The topological polar surface area (TPSA) is 202 Å². The largest absolute Gasteiger partial charge is 0.481 e. The Hall–Kier alpha value is -3.15. The number of nitrogens with zero attached hydrogens (tertiary/aromatic N) is 2. The van der Waals surface area contributed by atoms with Gasteiger partial charge in [-0.2, -0.15) is 4.73 Å². The third kappa shape index (κ3) is 4.95. The predicted octanol–water partition coefficient (Wildman–Crippen LogP) is -1.96. The van der Waals surface area contributed by atoms with E-state index in [1.807, 2.05) is 0 Å². The Bertz CT molecular complexity index is 638. The number of aromatic nitrogens is 2. The fourth-order valence-corrected chi connectivity index (χ4v) is 1.82. The Kier molecular flexibility index (Phi) is 5.84. The van der Waals surface area contributed by atoms with Gasteiger partial charge in [0.25, 0.3) is 5.60 Å². The molecule has 1 rings (SSSR count). The average Bonchev–Trinajstić information content (AvgIpc) is 2.83. The molecule has 0 spiro atoms. The van der Waals surface area contributed by atoms with Gasteiger partial charge in [-0.1, -0.05) is 0 Å². The van der Waals surface area contributed by atoms with Crippen LogP contribution in [0.25, 0.3) is 0 Å². The zero-order valence-electron chi connectivity index (χ0n) is 12.2. The standard InChI is InChI=1S/C12H15N3O9/c13-7(10(20)21)1-6-4-15(5-14-6)24-12(11(22)23,2-8(16)17)3-9(18)19/h4-5,7H,1-3,13H2,(H,16,17)(H,18,19)(H,20,21)(H,22,23)/t7-/m0/s1. The number of hydrogen-bond donors (Lipinski definition) is 5. The summed E-state index contributed by atoms with van der Waals surface area (Å²) in [5.74, 6) is -6.22. The maximum Gasteiger partial charge on any atom is 0.352 e. The van der Waals surface area contributed by atoms with E-state index in [0.29, 0.717) is 4.73 Å². The minimum absolute atomic E-state index is 0.134. The van der Waals surface area contributed by atoms with Crippen LogP contribution >= 0.6 is 0 Å². The first-order valence-electron chi connectivity index (χ1n) is 6.43. The molecule has 12 nitrogen and oxygen atoms in total. The Balaban J connectivity index is 3.04. The van der Waals surface area contributed by atoms with Crippen molar-refractivity contribution in [2.24, 2.45) is 5.73 Å². The van der Waals surface area contributed by atoms with E-state index in [1.165, 1.54) is 0 Å². The fourth-order valence-electron chi connectivity index (χ4n) is 1.82. The van der Waals surface area contributed by atoms with Gasteiger partial charge in [0.1, 0.15) is 12.4 Å². The van der Waals surface area contributed by atoms with E-state index in [1.54, 1.807) is 0 Å². The molecule has 0 radical (unpaired) electrons. The van der Waals surface area contributed by atoms with Gasteiger partial charge in [0.05, 0.1) is 24.7 Å². The number of rotatable bonds is 10. The van der Waals surface area contributed by atoms with Gasteiger partial charge in [-0.05, 0) is 0 Å². The van der Waals surface area contributed by atoms with Crippen molar-refractivity contribution >= 4 is 23.9 Å². The van der Waals surface area contributed by atoms with Crippen molar-refractivity contribution in [1.82, 2.24) is 9.71 Å². The van der Waals surface area contributed by atoms with Gasteiger partial charge in [-0.25, -0.2) is 9.78 Å². The third-order valence-corrected chi connectivity index (χ3v) is 2.90. The molecule has 0 saturated carbocycles. The molecule has 0 unspecified atom stereocenters. The minimum atomic E-state index is -2.56. The molecular weight excluding hydrogens is 330 g/mol. The van der Waals surface area contributed by atoms with Crippen molar-refractivity contribution < 1.29 is 44.4 Å². The van der Waals surface area contributed by atoms with Crippen LogP contribution in [0.5, 0.6) is 0 Å². The second kappa shape index (κ2) is 7.41. The second-order valence-electron chi connectivity index (χ2n) is 4.91. The monoisotopic (exact) mass is 345 g/mol. The zero-order chi connectivity index (χ0) is 18.5. The predicted molar refractivity (Wildman–Crippen MR) is 73.0 cm³/mol. The van der Waals surface area contributed by atoms with E-state index in [4.69, 9.17) is 25.9 Å². The van der Waals surface area contributed by atoms with Crippen molar-refractivity contribution in [2.75, 3.05) is 0 Å². The Morgan fingerprint density at radius 3 is 2.12 bits per heavy atom. The summed E-state index contributed by atoms with van der Waals surface area (Å²) in [6.45, 7) is 0. The molecule has 1 heterocycles. The van der Waals surface area contributed by atoms with Crippen LogP contribution in [-0.4, -0.2) is 65.7 Å². The van der Waals surface area contributed by atoms with Gasteiger partial charge in [0.2, 0.25) is 0 Å². The van der Waals surface area contributed by atoms with Gasteiger partial charge in [-0.3, -0.25) is 14.4 Å². The van der Waals surface area contributed by atoms with Crippen molar-refractivity contribution in [1.29, 1.82) is 0 Å². The highest BCUT2D eigenvalue weighted by Gasteiger charge is 2.47. The molecule has 0 bridgehead atoms. The number of nitrogens with two attached hydrogens (primary N) is 1. The first-order valence-corrected chi connectivity index (χ1v) is 6.43. The quantitative estimate of drug-likeness (QED) is 0.315. The van der Waals surface area contributed by atoms with E-state index < -0.39 is 48.4 Å². The highest BCUT2D eigenvalue weighted by atomic mass is 16.7. The van der Waals surface area contributed by atoms with Crippen molar-refractivity contribution in [3.05, 3.63) is 18.2 Å². The zero-order valence-corrected chi connectivity index (χ0v) is 12.2. The van der Waals surface area contributed by atoms with Crippen molar-refractivity contribution in [3.8, 4) is 0 Å². The number of carboxylic acids is 4. The van der Waals surface area contributed by atoms with Crippen molar-refractivity contribution in [2.45, 2.75) is 30.9 Å². The summed E-state index contributed by atoms with van der Waals surface area (Å²) in [7, 11) is 0. The molecule has 0 fully saturated rings. The number of carbonyl (C=O) groups is 4. The van der Waals surface area contributed by atoms with Gasteiger partial charge in [-0.15, -0.1) is 0 Å². The highest BCUT2D eigenvalue weighted by molar-refractivity contribution is 5.88. The first-order chi connectivity index (χ1) is 11.1. The summed E-state index contributed by atoms with van der Waals surface area (Å²) in [6, 6.07) is -1.25. The van der Waals surface area contributed by atoms with E-state index >= 15 is 0 Å². The fraction of sp³-hybridized carbons (Fsp3) is 0.417. The van der Waals surface area contributed by atoms with Crippen LogP contribution in [0.15, 0.2) is 12.5 Å². The number of aliphatic carboxylic acids is 4. The first kappa shape index (κ1) is 18.9. The molecule has 132 valence electrons. The highest BCUT2D eigenvalue weighted by Crippen LogP contribution is 2.19. The Morgan fingerprint density at radius 1 is 1.17 bits per heavy atom. The summed E-state index contributed by atoms with van der Waals surface area (Å²) >= 11 is 0. The Labute approximate surface area is 134 Å². The lowest BCUT2D eigenvalue weighted by Gasteiger charge is -2.26. The number of carboxylic acid groups (broad SMARTS) is 4. The summed E-state index contributed by atoms with van der Waals surface area (Å²) in [5, 5.41) is 35.6. The minimum Gasteiger partial charge on any atom is -0.481 e. The molecule has 0 amide bonds. The van der Waals surface area contributed by atoms with Crippen LogP contribution < -0.4 is 10.6 Å². The van der Waals surface area contributed by atoms with Gasteiger partial charge >= 0.3 is 23.9 Å². The normalized spacial score (nSPS) is 12.4. The molecule has 0 aliphatic heterocycles. The van der Waals surface area contributed by atoms with Gasteiger partial charge in [0, 0.05) is 6.42 Å². The summed E-state index contributed by atoms with van der Waals surface area (Å²) in [4.78, 5) is 52.6. The molecule has 0 aromatic carbocycles. The lowest BCUT2D eigenvalue weighted by molar-refractivity contribution is -0.179. The molecule has 6 N–H and O–H groups in total. The molecule has 1 aromatic heterocycles. The molecule has 24 heavy (non-hydrogen) atoms. The van der Waals surface area contributed by atoms with Crippen molar-refractivity contribution in [3.63, 3.8) is 0 Å². The summed E-state index contributed by atoms with van der Waals surface area (Å²) < 4.78 is 0.712. The lowest BCUT2D eigenvalue weighted by Crippen LogP contribution is -2.51. The molecule has 0 saturated heterocycles. The van der Waals surface area contributed by atoms with Crippen LogP contribution in [0.2, 0.25) is 0 Å². The van der Waals surface area contributed by atoms with E-state index in [2.05, 4.69) is 4.98 Å². The van der Waals surface area contributed by atoms with E-state index in [0.717, 1.165) is 12.5 Å². The smallest absolute Gasteiger partial charge is 0.352 e. The molecule has 12 heteroatoms. The van der Waals surface area contributed by atoms with E-state index in [9.17, 15) is 24.3 Å². The molecule has 1 atom stereocenters. The second-order valence-corrected chi connectivity index (χ2v) is 4.91. The van der Waals surface area contributed by atoms with Crippen LogP contribution in [0.1, 0.15) is 18.5 Å². The maximum atomic E-state index is 11.4. The summed E-state index contributed by atoms with van der Waals surface area (Å²) in [6.07, 6.45) is -0.382. The maximum absolute atomic E-state index is 11.4. The van der Waals surface area contributed by atoms with Crippen LogP contribution in [0.3, 0.4) is 0 Å².